The molecule has 1 rings (SSSR count). The highest BCUT2D eigenvalue weighted by molar-refractivity contribution is 7.09. The van der Waals surface area contributed by atoms with Crippen LogP contribution in [0, 0.1) is 0 Å². The van der Waals surface area contributed by atoms with Crippen LogP contribution in [0.1, 0.15) is 107 Å². The van der Waals surface area contributed by atoms with Crippen LogP contribution in [-0.4, -0.2) is 34.8 Å². The molecule has 0 aliphatic carbocycles. The van der Waals surface area contributed by atoms with Gasteiger partial charge in [0.25, 0.3) is 5.91 Å². The van der Waals surface area contributed by atoms with Gasteiger partial charge in [-0.2, -0.15) is 0 Å². The standard InChI is InChI=1S/C22H39N3O2S/c1-4-7-10-11-12-13-14-21(26)25(16-9-6-3)17-20-24-19(18-28-20)22(27)23-15-8-5-2/h18H,4-17H2,1-3H3,(H,23,27). The Morgan fingerprint density at radius 2 is 1.64 bits per heavy atom. The summed E-state index contributed by atoms with van der Waals surface area (Å²) in [5, 5.41) is 5.54. The summed E-state index contributed by atoms with van der Waals surface area (Å²) < 4.78 is 0. The number of amides is 2. The number of carbonyl (C=O) groups is 2. The molecule has 0 unspecified atom stereocenters. The molecule has 1 aromatic rings. The van der Waals surface area contributed by atoms with Gasteiger partial charge in [-0.1, -0.05) is 65.7 Å². The number of rotatable bonds is 16. The third-order valence-corrected chi connectivity index (χ3v) is 5.64. The number of nitrogens with one attached hydrogen (secondary N) is 1. The number of thiazole rings is 1. The fourth-order valence-corrected chi connectivity index (χ4v) is 3.76. The van der Waals surface area contributed by atoms with Crippen molar-refractivity contribution >= 4 is 23.2 Å². The van der Waals surface area contributed by atoms with E-state index in [1.807, 2.05) is 4.90 Å². The molecule has 1 aromatic heterocycles. The predicted molar refractivity (Wildman–Crippen MR) is 118 cm³/mol. The van der Waals surface area contributed by atoms with E-state index in [9.17, 15) is 9.59 Å². The van der Waals surface area contributed by atoms with Crippen LogP contribution in [0.15, 0.2) is 5.38 Å². The Morgan fingerprint density at radius 1 is 0.964 bits per heavy atom. The maximum absolute atomic E-state index is 12.7. The number of nitrogens with zero attached hydrogens (tertiary/aromatic N) is 2. The minimum atomic E-state index is -0.116. The van der Waals surface area contributed by atoms with Gasteiger partial charge in [0.05, 0.1) is 6.54 Å². The Bertz CT molecular complexity index is 560. The summed E-state index contributed by atoms with van der Waals surface area (Å²) in [5.41, 5.74) is 0.468. The zero-order valence-corrected chi connectivity index (χ0v) is 18.9. The summed E-state index contributed by atoms with van der Waals surface area (Å²) >= 11 is 1.47. The SMILES string of the molecule is CCCCCCCCC(=O)N(CCCC)Cc1nc(C(=O)NCCCC)cs1. The van der Waals surface area contributed by atoms with E-state index in [0.717, 1.165) is 50.1 Å². The smallest absolute Gasteiger partial charge is 0.270 e. The lowest BCUT2D eigenvalue weighted by atomic mass is 10.1. The van der Waals surface area contributed by atoms with Crippen LogP contribution in [0.25, 0.3) is 0 Å². The molecule has 0 saturated heterocycles. The molecule has 0 saturated carbocycles. The molecule has 0 aliphatic rings. The van der Waals surface area contributed by atoms with Crippen molar-refractivity contribution in [3.63, 3.8) is 0 Å². The van der Waals surface area contributed by atoms with Gasteiger partial charge >= 0.3 is 0 Å². The molecular formula is C22H39N3O2S. The number of hydrogen-bond acceptors (Lipinski definition) is 4. The lowest BCUT2D eigenvalue weighted by molar-refractivity contribution is -0.132. The van der Waals surface area contributed by atoms with E-state index >= 15 is 0 Å². The van der Waals surface area contributed by atoms with Crippen molar-refractivity contribution in [1.29, 1.82) is 0 Å². The maximum atomic E-state index is 12.7. The Balaban J connectivity index is 2.51. The topological polar surface area (TPSA) is 62.3 Å². The van der Waals surface area contributed by atoms with E-state index < -0.39 is 0 Å². The first kappa shape index (κ1) is 24.6. The van der Waals surface area contributed by atoms with E-state index in [2.05, 4.69) is 31.1 Å². The van der Waals surface area contributed by atoms with Gasteiger partial charge in [-0.05, 0) is 19.3 Å². The molecule has 0 aliphatic heterocycles. The summed E-state index contributed by atoms with van der Waals surface area (Å²) in [6.45, 7) is 8.42. The van der Waals surface area contributed by atoms with Crippen LogP contribution in [0.3, 0.4) is 0 Å². The second-order valence-electron chi connectivity index (χ2n) is 7.42. The molecule has 0 atom stereocenters. The minimum absolute atomic E-state index is 0.116. The van der Waals surface area contributed by atoms with Crippen molar-refractivity contribution in [2.75, 3.05) is 13.1 Å². The number of aromatic nitrogens is 1. The highest BCUT2D eigenvalue weighted by Gasteiger charge is 2.17. The fraction of sp³-hybridized carbons (Fsp3) is 0.773. The Labute approximate surface area is 175 Å². The second-order valence-corrected chi connectivity index (χ2v) is 8.37. The summed E-state index contributed by atoms with van der Waals surface area (Å²) in [5.74, 6) is 0.0996. The molecular weight excluding hydrogens is 370 g/mol. The Hall–Kier alpha value is -1.43. The number of carbonyl (C=O) groups excluding carboxylic acids is 2. The molecule has 5 nitrogen and oxygen atoms in total. The first-order valence-corrected chi connectivity index (χ1v) is 12.0. The predicted octanol–water partition coefficient (Wildman–Crippen LogP) is 5.55. The lowest BCUT2D eigenvalue weighted by Crippen LogP contribution is -2.31. The van der Waals surface area contributed by atoms with Crippen molar-refractivity contribution < 1.29 is 9.59 Å². The summed E-state index contributed by atoms with van der Waals surface area (Å²) in [7, 11) is 0. The molecule has 1 heterocycles. The summed E-state index contributed by atoms with van der Waals surface area (Å²) in [6.07, 6.45) is 11.8. The van der Waals surface area contributed by atoms with Crippen molar-refractivity contribution in [3.8, 4) is 0 Å². The minimum Gasteiger partial charge on any atom is -0.351 e. The van der Waals surface area contributed by atoms with E-state index in [-0.39, 0.29) is 11.8 Å². The molecule has 28 heavy (non-hydrogen) atoms. The second kappa shape index (κ2) is 15.5. The Morgan fingerprint density at radius 3 is 2.36 bits per heavy atom. The number of hydrogen-bond donors (Lipinski definition) is 1. The fourth-order valence-electron chi connectivity index (χ4n) is 2.98. The third-order valence-electron chi connectivity index (χ3n) is 4.80. The van der Waals surface area contributed by atoms with E-state index in [0.29, 0.717) is 25.2 Å². The largest absolute Gasteiger partial charge is 0.351 e. The quantitative estimate of drug-likeness (QED) is 0.364. The molecule has 2 amide bonds. The van der Waals surface area contributed by atoms with Gasteiger partial charge in [-0.25, -0.2) is 4.98 Å². The summed E-state index contributed by atoms with van der Waals surface area (Å²) in [6, 6.07) is 0. The van der Waals surface area contributed by atoms with Gasteiger partial charge in [-0.15, -0.1) is 11.3 Å². The van der Waals surface area contributed by atoms with Crippen LogP contribution in [0.5, 0.6) is 0 Å². The molecule has 0 radical (unpaired) electrons. The zero-order chi connectivity index (χ0) is 20.6. The van der Waals surface area contributed by atoms with E-state index in [4.69, 9.17) is 0 Å². The third kappa shape index (κ3) is 10.2. The van der Waals surface area contributed by atoms with Crippen molar-refractivity contribution in [1.82, 2.24) is 15.2 Å². The van der Waals surface area contributed by atoms with E-state index in [1.165, 1.54) is 37.0 Å². The van der Waals surface area contributed by atoms with Crippen LogP contribution in [-0.2, 0) is 11.3 Å². The van der Waals surface area contributed by atoms with Crippen molar-refractivity contribution in [2.24, 2.45) is 0 Å². The van der Waals surface area contributed by atoms with Crippen LogP contribution in [0.4, 0.5) is 0 Å². The van der Waals surface area contributed by atoms with Gasteiger partial charge in [0, 0.05) is 24.9 Å². The lowest BCUT2D eigenvalue weighted by Gasteiger charge is -2.21. The molecule has 0 spiro atoms. The van der Waals surface area contributed by atoms with Crippen LogP contribution < -0.4 is 5.32 Å². The first-order valence-electron chi connectivity index (χ1n) is 11.1. The maximum Gasteiger partial charge on any atom is 0.270 e. The van der Waals surface area contributed by atoms with Crippen molar-refractivity contribution in [3.05, 3.63) is 16.1 Å². The highest BCUT2D eigenvalue weighted by Crippen LogP contribution is 2.15. The zero-order valence-electron chi connectivity index (χ0n) is 18.1. The molecule has 1 N–H and O–H groups in total. The van der Waals surface area contributed by atoms with Gasteiger partial charge in [0.1, 0.15) is 10.7 Å². The van der Waals surface area contributed by atoms with Gasteiger partial charge in [0.15, 0.2) is 0 Å². The Kier molecular flexibility index (Phi) is 13.6. The molecule has 6 heteroatoms. The van der Waals surface area contributed by atoms with Crippen LogP contribution >= 0.6 is 11.3 Å². The van der Waals surface area contributed by atoms with Gasteiger partial charge in [0.2, 0.25) is 5.91 Å². The molecule has 160 valence electrons. The van der Waals surface area contributed by atoms with Crippen molar-refractivity contribution in [2.45, 2.75) is 97.9 Å². The van der Waals surface area contributed by atoms with Crippen LogP contribution in [0.2, 0.25) is 0 Å². The molecule has 0 fully saturated rings. The average Bonchev–Trinajstić information content (AvgIpc) is 3.16. The number of unbranched alkanes of at least 4 members (excludes halogenated alkanes) is 7. The highest BCUT2D eigenvalue weighted by atomic mass is 32.1. The first-order chi connectivity index (χ1) is 13.6. The summed E-state index contributed by atoms with van der Waals surface area (Å²) in [4.78, 5) is 31.2. The van der Waals surface area contributed by atoms with Gasteiger partial charge in [-0.3, -0.25) is 9.59 Å². The average molecular weight is 410 g/mol. The van der Waals surface area contributed by atoms with Gasteiger partial charge < -0.3 is 10.2 Å². The van der Waals surface area contributed by atoms with E-state index in [1.54, 1.807) is 5.38 Å². The monoisotopic (exact) mass is 409 g/mol. The molecule has 0 bridgehead atoms. The normalized spacial score (nSPS) is 10.8. The molecule has 0 aromatic carbocycles.